The van der Waals surface area contributed by atoms with Crippen LogP contribution in [0, 0.1) is 0 Å². The van der Waals surface area contributed by atoms with Crippen molar-refractivity contribution in [2.45, 2.75) is 24.7 Å². The SMILES string of the molecule is CCCCN1C=CN(C)C1.COS(=O)(=O)c1ccccc1. The number of unbranched alkanes of at least 4 members (excludes halogenated alkanes) is 1. The van der Waals surface area contributed by atoms with Gasteiger partial charge < -0.3 is 9.80 Å². The third kappa shape index (κ3) is 6.18. The van der Waals surface area contributed by atoms with E-state index in [-0.39, 0.29) is 4.90 Å². The van der Waals surface area contributed by atoms with Crippen molar-refractivity contribution in [3.05, 3.63) is 42.7 Å². The van der Waals surface area contributed by atoms with Crippen LogP contribution in [0.25, 0.3) is 0 Å². The predicted molar refractivity (Wildman–Crippen MR) is 84.0 cm³/mol. The maximum absolute atomic E-state index is 11.0. The van der Waals surface area contributed by atoms with Gasteiger partial charge in [-0.1, -0.05) is 31.5 Å². The topological polar surface area (TPSA) is 49.9 Å². The van der Waals surface area contributed by atoms with Crippen LogP contribution in [0.15, 0.2) is 47.6 Å². The van der Waals surface area contributed by atoms with Gasteiger partial charge in [0.2, 0.25) is 0 Å². The first-order valence-electron chi connectivity index (χ1n) is 6.98. The summed E-state index contributed by atoms with van der Waals surface area (Å²) in [6.07, 6.45) is 6.87. The zero-order valence-corrected chi connectivity index (χ0v) is 13.7. The van der Waals surface area contributed by atoms with Crippen molar-refractivity contribution < 1.29 is 12.6 Å². The molecule has 0 N–H and O–H groups in total. The van der Waals surface area contributed by atoms with Crippen LogP contribution in [0.1, 0.15) is 19.8 Å². The molecule has 6 heteroatoms. The average molecular weight is 312 g/mol. The van der Waals surface area contributed by atoms with E-state index in [2.05, 4.69) is 40.4 Å². The molecule has 1 aliphatic rings. The van der Waals surface area contributed by atoms with Gasteiger partial charge >= 0.3 is 0 Å². The maximum Gasteiger partial charge on any atom is 0.296 e. The Balaban J connectivity index is 0.000000211. The second-order valence-corrected chi connectivity index (χ2v) is 6.51. The molecule has 0 fully saturated rings. The van der Waals surface area contributed by atoms with E-state index < -0.39 is 10.1 Å². The number of hydrogen-bond acceptors (Lipinski definition) is 5. The Bertz CT molecular complexity index is 529. The first-order valence-corrected chi connectivity index (χ1v) is 8.38. The lowest BCUT2D eigenvalue weighted by molar-refractivity contribution is 0.293. The molecular formula is C15H24N2O3S. The van der Waals surface area contributed by atoms with Gasteiger partial charge in [-0.2, -0.15) is 8.42 Å². The van der Waals surface area contributed by atoms with E-state index in [9.17, 15) is 8.42 Å². The fourth-order valence-corrected chi connectivity index (χ4v) is 2.46. The molecule has 0 unspecified atom stereocenters. The minimum atomic E-state index is -3.50. The fourth-order valence-electron chi connectivity index (χ4n) is 1.78. The quantitative estimate of drug-likeness (QED) is 0.782. The van der Waals surface area contributed by atoms with Gasteiger partial charge in [-0.15, -0.1) is 0 Å². The van der Waals surface area contributed by atoms with Gasteiger partial charge in [-0.25, -0.2) is 0 Å². The Morgan fingerprint density at radius 1 is 1.19 bits per heavy atom. The molecule has 0 bridgehead atoms. The van der Waals surface area contributed by atoms with Crippen LogP contribution >= 0.6 is 0 Å². The summed E-state index contributed by atoms with van der Waals surface area (Å²) < 4.78 is 26.3. The minimum absolute atomic E-state index is 0.183. The van der Waals surface area contributed by atoms with Crippen LogP contribution < -0.4 is 0 Å². The zero-order chi connectivity index (χ0) is 15.7. The highest BCUT2D eigenvalue weighted by atomic mass is 32.2. The van der Waals surface area contributed by atoms with Crippen molar-refractivity contribution in [2.24, 2.45) is 0 Å². The highest BCUT2D eigenvalue weighted by molar-refractivity contribution is 7.86. The molecule has 5 nitrogen and oxygen atoms in total. The molecule has 0 radical (unpaired) electrons. The fraction of sp³-hybridized carbons (Fsp3) is 0.467. The van der Waals surface area contributed by atoms with Crippen molar-refractivity contribution in [3.63, 3.8) is 0 Å². The number of rotatable bonds is 5. The minimum Gasteiger partial charge on any atom is -0.362 e. The van der Waals surface area contributed by atoms with E-state index in [1.165, 1.54) is 31.5 Å². The number of benzene rings is 1. The molecule has 21 heavy (non-hydrogen) atoms. The van der Waals surface area contributed by atoms with Gasteiger partial charge in [-0.3, -0.25) is 4.18 Å². The largest absolute Gasteiger partial charge is 0.362 e. The van der Waals surface area contributed by atoms with Crippen molar-refractivity contribution in [2.75, 3.05) is 27.4 Å². The lowest BCUT2D eigenvalue weighted by atomic mass is 10.3. The molecule has 0 spiro atoms. The summed E-state index contributed by atoms with van der Waals surface area (Å²) in [5.74, 6) is 0. The molecule has 2 rings (SSSR count). The smallest absolute Gasteiger partial charge is 0.296 e. The maximum atomic E-state index is 11.0. The zero-order valence-electron chi connectivity index (χ0n) is 12.9. The van der Waals surface area contributed by atoms with E-state index in [1.807, 2.05) is 0 Å². The molecule has 1 aromatic rings. The Kier molecular flexibility index (Phi) is 7.25. The van der Waals surface area contributed by atoms with Crippen LogP contribution in [0.4, 0.5) is 0 Å². The van der Waals surface area contributed by atoms with Gasteiger partial charge in [0.15, 0.2) is 0 Å². The summed E-state index contributed by atoms with van der Waals surface area (Å²) in [5, 5.41) is 0. The molecule has 1 heterocycles. The number of nitrogens with zero attached hydrogens (tertiary/aromatic N) is 2. The molecule has 0 saturated heterocycles. The summed E-state index contributed by atoms with van der Waals surface area (Å²) in [6, 6.07) is 8.00. The number of hydrogen-bond donors (Lipinski definition) is 0. The van der Waals surface area contributed by atoms with Crippen LogP contribution in [0.5, 0.6) is 0 Å². The van der Waals surface area contributed by atoms with E-state index in [0.717, 1.165) is 13.8 Å². The third-order valence-electron chi connectivity index (χ3n) is 2.99. The molecule has 0 saturated carbocycles. The van der Waals surface area contributed by atoms with E-state index in [4.69, 9.17) is 0 Å². The average Bonchev–Trinajstić information content (AvgIpc) is 2.92. The van der Waals surface area contributed by atoms with Crippen LogP contribution in [-0.2, 0) is 14.3 Å². The first-order chi connectivity index (χ1) is 9.99. The second-order valence-electron chi connectivity index (χ2n) is 4.80. The predicted octanol–water partition coefficient (Wildman–Crippen LogP) is 2.48. The van der Waals surface area contributed by atoms with Gasteiger partial charge in [0, 0.05) is 26.0 Å². The highest BCUT2D eigenvalue weighted by Gasteiger charge is 2.10. The lowest BCUT2D eigenvalue weighted by Gasteiger charge is -2.17. The Hall–Kier alpha value is -1.53. The Labute approximate surface area is 127 Å². The van der Waals surface area contributed by atoms with Gasteiger partial charge in [0.1, 0.15) is 0 Å². The summed E-state index contributed by atoms with van der Waals surface area (Å²) in [4.78, 5) is 4.71. The Morgan fingerprint density at radius 3 is 2.33 bits per heavy atom. The van der Waals surface area contributed by atoms with Crippen molar-refractivity contribution in [3.8, 4) is 0 Å². The van der Waals surface area contributed by atoms with Gasteiger partial charge in [0.25, 0.3) is 10.1 Å². The van der Waals surface area contributed by atoms with Crippen LogP contribution in [0.3, 0.4) is 0 Å². The molecule has 0 amide bonds. The monoisotopic (exact) mass is 312 g/mol. The van der Waals surface area contributed by atoms with Crippen molar-refractivity contribution in [1.82, 2.24) is 9.80 Å². The normalized spacial score (nSPS) is 14.0. The van der Waals surface area contributed by atoms with E-state index in [1.54, 1.807) is 18.2 Å². The molecule has 0 aromatic heterocycles. The lowest BCUT2D eigenvalue weighted by Crippen LogP contribution is -2.23. The van der Waals surface area contributed by atoms with Crippen LogP contribution in [0.2, 0.25) is 0 Å². The van der Waals surface area contributed by atoms with Gasteiger partial charge in [-0.05, 0) is 18.6 Å². The molecule has 0 aliphatic carbocycles. The first kappa shape index (κ1) is 17.5. The summed E-state index contributed by atoms with van der Waals surface area (Å²) in [7, 11) is -0.257. The Morgan fingerprint density at radius 2 is 1.86 bits per heavy atom. The summed E-state index contributed by atoms with van der Waals surface area (Å²) in [5.41, 5.74) is 0. The highest BCUT2D eigenvalue weighted by Crippen LogP contribution is 2.09. The van der Waals surface area contributed by atoms with Crippen LogP contribution in [-0.4, -0.2) is 45.6 Å². The molecule has 1 aromatic carbocycles. The summed E-state index contributed by atoms with van der Waals surface area (Å²) in [6.45, 7) is 4.50. The molecule has 118 valence electrons. The van der Waals surface area contributed by atoms with E-state index >= 15 is 0 Å². The third-order valence-corrected chi connectivity index (χ3v) is 4.28. The van der Waals surface area contributed by atoms with Crippen molar-refractivity contribution in [1.29, 1.82) is 0 Å². The second kappa shape index (κ2) is 8.69. The van der Waals surface area contributed by atoms with E-state index in [0.29, 0.717) is 0 Å². The standard InChI is InChI=1S/C8H16N2.C7H8O3S/c1-3-4-5-10-7-6-9(2)8-10;1-10-11(8,9)7-5-3-2-4-6-7/h6-7H,3-5,8H2,1-2H3;2-6H,1H3. The molecule has 0 atom stereocenters. The molecule has 1 aliphatic heterocycles. The van der Waals surface area contributed by atoms with Gasteiger partial charge in [0.05, 0.1) is 18.7 Å². The summed E-state index contributed by atoms with van der Waals surface area (Å²) >= 11 is 0. The van der Waals surface area contributed by atoms with Crippen molar-refractivity contribution >= 4 is 10.1 Å². The molecular weight excluding hydrogens is 288 g/mol.